The van der Waals surface area contributed by atoms with Crippen molar-refractivity contribution in [2.24, 2.45) is 0 Å². The van der Waals surface area contributed by atoms with E-state index in [1.807, 2.05) is 39.8 Å². The SMILES string of the molecule is CC(C)c1cc(C(C)C)c(S(=O)(=O)N[C@H]2CCC[C@@H](NC(=O)O)C2)c(C(C)C)c1. The Morgan fingerprint density at radius 1 is 0.966 bits per heavy atom. The molecule has 1 aromatic carbocycles. The van der Waals surface area contributed by atoms with Gasteiger partial charge in [0.2, 0.25) is 10.0 Å². The third-order valence-electron chi connectivity index (χ3n) is 5.67. The number of sulfonamides is 1. The molecule has 29 heavy (non-hydrogen) atoms. The van der Waals surface area contributed by atoms with E-state index in [-0.39, 0.29) is 23.9 Å². The normalized spacial score (nSPS) is 20.4. The van der Waals surface area contributed by atoms with Crippen LogP contribution < -0.4 is 10.0 Å². The van der Waals surface area contributed by atoms with Crippen molar-refractivity contribution in [1.82, 2.24) is 10.0 Å². The number of rotatable bonds is 7. The maximum Gasteiger partial charge on any atom is 0.404 e. The summed E-state index contributed by atoms with van der Waals surface area (Å²) in [7, 11) is -3.73. The molecule has 1 aliphatic carbocycles. The van der Waals surface area contributed by atoms with E-state index in [0.29, 0.717) is 17.2 Å². The number of carbonyl (C=O) groups is 1. The summed E-state index contributed by atoms with van der Waals surface area (Å²) in [4.78, 5) is 11.4. The monoisotopic (exact) mass is 424 g/mol. The molecule has 164 valence electrons. The number of benzene rings is 1. The maximum absolute atomic E-state index is 13.5. The third kappa shape index (κ3) is 5.95. The molecule has 7 heteroatoms. The maximum atomic E-state index is 13.5. The standard InChI is InChI=1S/C22H36N2O4S/c1-13(2)16-10-19(14(3)4)21(20(11-16)15(5)6)29(27,28)24-18-9-7-8-17(12-18)23-22(25)26/h10-11,13-15,17-18,23-24H,7-9,12H2,1-6H3,(H,25,26)/t17-,18+/m1/s1. The molecule has 2 atom stereocenters. The summed E-state index contributed by atoms with van der Waals surface area (Å²) in [5.74, 6) is 0.465. The minimum Gasteiger partial charge on any atom is -0.465 e. The first-order valence-corrected chi connectivity index (χ1v) is 12.1. The van der Waals surface area contributed by atoms with Crippen LogP contribution in [0.3, 0.4) is 0 Å². The van der Waals surface area contributed by atoms with Crippen molar-refractivity contribution in [2.45, 2.75) is 102 Å². The fraction of sp³-hybridized carbons (Fsp3) is 0.682. The first-order chi connectivity index (χ1) is 13.4. The summed E-state index contributed by atoms with van der Waals surface area (Å²) in [6.07, 6.45) is 1.66. The highest BCUT2D eigenvalue weighted by molar-refractivity contribution is 7.89. The lowest BCUT2D eigenvalue weighted by Crippen LogP contribution is -2.45. The molecule has 1 aromatic rings. The second-order valence-electron chi connectivity index (χ2n) is 9.12. The molecule has 0 spiro atoms. The third-order valence-corrected chi connectivity index (χ3v) is 7.32. The van der Waals surface area contributed by atoms with Gasteiger partial charge in [0.05, 0.1) is 4.90 Å². The minimum absolute atomic E-state index is 0.0746. The van der Waals surface area contributed by atoms with Gasteiger partial charge in [-0.05, 0) is 60.1 Å². The molecule has 1 fully saturated rings. The highest BCUT2D eigenvalue weighted by Gasteiger charge is 2.31. The van der Waals surface area contributed by atoms with Crippen LogP contribution >= 0.6 is 0 Å². The second-order valence-corrected chi connectivity index (χ2v) is 10.8. The number of nitrogens with one attached hydrogen (secondary N) is 2. The van der Waals surface area contributed by atoms with Crippen molar-refractivity contribution in [1.29, 1.82) is 0 Å². The molecule has 0 unspecified atom stereocenters. The zero-order valence-electron chi connectivity index (χ0n) is 18.5. The van der Waals surface area contributed by atoms with Crippen molar-refractivity contribution in [3.8, 4) is 0 Å². The molecule has 2 rings (SSSR count). The quantitative estimate of drug-likeness (QED) is 0.579. The first-order valence-electron chi connectivity index (χ1n) is 10.6. The molecular weight excluding hydrogens is 388 g/mol. The summed E-state index contributed by atoms with van der Waals surface area (Å²) in [5, 5.41) is 11.5. The summed E-state index contributed by atoms with van der Waals surface area (Å²) in [5.41, 5.74) is 2.85. The van der Waals surface area contributed by atoms with Gasteiger partial charge >= 0.3 is 6.09 Å². The Labute approximate surface area is 175 Å². The number of carboxylic acid groups (broad SMARTS) is 1. The zero-order valence-corrected chi connectivity index (χ0v) is 19.3. The minimum atomic E-state index is -3.73. The van der Waals surface area contributed by atoms with Crippen LogP contribution in [0.15, 0.2) is 17.0 Å². The molecule has 0 aromatic heterocycles. The molecule has 6 nitrogen and oxygen atoms in total. The van der Waals surface area contributed by atoms with Gasteiger partial charge in [0.15, 0.2) is 0 Å². The van der Waals surface area contributed by atoms with E-state index in [1.54, 1.807) is 0 Å². The fourth-order valence-corrected chi connectivity index (χ4v) is 6.06. The zero-order chi connectivity index (χ0) is 21.9. The lowest BCUT2D eigenvalue weighted by molar-refractivity contribution is 0.184. The van der Waals surface area contributed by atoms with Gasteiger partial charge in [0.25, 0.3) is 0 Å². The Morgan fingerprint density at radius 2 is 1.48 bits per heavy atom. The van der Waals surface area contributed by atoms with Gasteiger partial charge in [-0.15, -0.1) is 0 Å². The number of hydrogen-bond donors (Lipinski definition) is 3. The molecular formula is C22H36N2O4S. The molecule has 0 bridgehead atoms. The average Bonchev–Trinajstić information content (AvgIpc) is 2.59. The Bertz CT molecular complexity index is 802. The molecule has 1 aliphatic rings. The molecule has 3 N–H and O–H groups in total. The van der Waals surface area contributed by atoms with Crippen LogP contribution in [0.25, 0.3) is 0 Å². The van der Waals surface area contributed by atoms with Gasteiger partial charge in [0.1, 0.15) is 0 Å². The smallest absolute Gasteiger partial charge is 0.404 e. The lowest BCUT2D eigenvalue weighted by Gasteiger charge is -2.30. The van der Waals surface area contributed by atoms with E-state index in [2.05, 4.69) is 23.9 Å². The van der Waals surface area contributed by atoms with Crippen LogP contribution in [0, 0.1) is 0 Å². The van der Waals surface area contributed by atoms with Crippen molar-refractivity contribution < 1.29 is 18.3 Å². The predicted molar refractivity (Wildman–Crippen MR) is 116 cm³/mol. The van der Waals surface area contributed by atoms with Crippen LogP contribution in [-0.4, -0.2) is 31.7 Å². The molecule has 1 saturated carbocycles. The number of hydrogen-bond acceptors (Lipinski definition) is 3. The van der Waals surface area contributed by atoms with Crippen LogP contribution in [0.4, 0.5) is 4.79 Å². The van der Waals surface area contributed by atoms with Gasteiger partial charge in [-0.25, -0.2) is 17.9 Å². The van der Waals surface area contributed by atoms with E-state index >= 15 is 0 Å². The second kappa shape index (κ2) is 9.47. The van der Waals surface area contributed by atoms with Crippen LogP contribution in [0.5, 0.6) is 0 Å². The summed E-state index contributed by atoms with van der Waals surface area (Å²) < 4.78 is 29.9. The summed E-state index contributed by atoms with van der Waals surface area (Å²) in [6.45, 7) is 12.3. The lowest BCUT2D eigenvalue weighted by atomic mass is 9.89. The summed E-state index contributed by atoms with van der Waals surface area (Å²) >= 11 is 0. The highest BCUT2D eigenvalue weighted by atomic mass is 32.2. The van der Waals surface area contributed by atoms with Gasteiger partial charge in [-0.1, -0.05) is 53.7 Å². The van der Waals surface area contributed by atoms with Crippen LogP contribution in [-0.2, 0) is 10.0 Å². The van der Waals surface area contributed by atoms with Gasteiger partial charge < -0.3 is 10.4 Å². The van der Waals surface area contributed by atoms with E-state index < -0.39 is 16.1 Å². The van der Waals surface area contributed by atoms with E-state index in [4.69, 9.17) is 5.11 Å². The predicted octanol–water partition coefficient (Wildman–Crippen LogP) is 4.91. The van der Waals surface area contributed by atoms with E-state index in [9.17, 15) is 13.2 Å². The van der Waals surface area contributed by atoms with E-state index in [0.717, 1.165) is 36.0 Å². The Morgan fingerprint density at radius 3 is 1.93 bits per heavy atom. The largest absolute Gasteiger partial charge is 0.465 e. The van der Waals surface area contributed by atoms with Gasteiger partial charge in [0, 0.05) is 12.1 Å². The van der Waals surface area contributed by atoms with Crippen molar-refractivity contribution in [2.75, 3.05) is 0 Å². The van der Waals surface area contributed by atoms with E-state index in [1.165, 1.54) is 0 Å². The molecule has 0 heterocycles. The Kier molecular flexibility index (Phi) is 7.74. The Balaban J connectivity index is 2.44. The molecule has 0 saturated heterocycles. The summed E-state index contributed by atoms with van der Waals surface area (Å²) in [6, 6.07) is 3.58. The van der Waals surface area contributed by atoms with Crippen LogP contribution in [0.1, 0.15) is 102 Å². The Hall–Kier alpha value is -1.60. The number of amides is 1. The van der Waals surface area contributed by atoms with Crippen molar-refractivity contribution in [3.63, 3.8) is 0 Å². The molecule has 1 amide bonds. The first kappa shape index (κ1) is 23.7. The average molecular weight is 425 g/mol. The fourth-order valence-electron chi connectivity index (χ4n) is 4.08. The molecule has 0 aliphatic heterocycles. The van der Waals surface area contributed by atoms with Crippen molar-refractivity contribution in [3.05, 3.63) is 28.8 Å². The molecule has 0 radical (unpaired) electrons. The highest BCUT2D eigenvalue weighted by Crippen LogP contribution is 2.35. The topological polar surface area (TPSA) is 95.5 Å². The van der Waals surface area contributed by atoms with Gasteiger partial charge in [-0.3, -0.25) is 0 Å². The van der Waals surface area contributed by atoms with Gasteiger partial charge in [-0.2, -0.15) is 0 Å². The van der Waals surface area contributed by atoms with Crippen molar-refractivity contribution >= 4 is 16.1 Å². The van der Waals surface area contributed by atoms with Crippen LogP contribution in [0.2, 0.25) is 0 Å².